The van der Waals surface area contributed by atoms with Crippen LogP contribution in [-0.2, 0) is 6.54 Å². The first-order valence-electron chi connectivity index (χ1n) is 6.91. The Bertz CT molecular complexity index is 935. The molecule has 0 atom stereocenters. The molecule has 1 aromatic carbocycles. The number of furan rings is 1. The third kappa shape index (κ3) is 2.05. The fourth-order valence-corrected chi connectivity index (χ4v) is 2.51. The number of aromatic nitrogens is 4. The molecule has 0 radical (unpaired) electrons. The van der Waals surface area contributed by atoms with Crippen LogP contribution >= 0.6 is 0 Å². The molecule has 4 rings (SSSR count). The summed E-state index contributed by atoms with van der Waals surface area (Å²) in [6, 6.07) is 7.85. The topological polar surface area (TPSA) is 67.9 Å². The fraction of sp³-hybridized carbons (Fsp3) is 0.125. The maximum atomic E-state index is 5.94. The highest BCUT2D eigenvalue weighted by molar-refractivity contribution is 6.05. The molecule has 0 aliphatic carbocycles. The van der Waals surface area contributed by atoms with E-state index in [1.54, 1.807) is 24.9 Å². The van der Waals surface area contributed by atoms with Gasteiger partial charge >= 0.3 is 0 Å². The van der Waals surface area contributed by atoms with Gasteiger partial charge in [-0.25, -0.2) is 9.97 Å². The van der Waals surface area contributed by atoms with Crippen LogP contribution in [0.4, 0.5) is 5.82 Å². The van der Waals surface area contributed by atoms with Gasteiger partial charge < -0.3 is 9.32 Å². The molecule has 3 aromatic heterocycles. The van der Waals surface area contributed by atoms with Gasteiger partial charge in [0.25, 0.3) is 0 Å². The fourth-order valence-electron chi connectivity index (χ4n) is 2.51. The molecule has 0 saturated carbocycles. The van der Waals surface area contributed by atoms with Crippen molar-refractivity contribution in [3.8, 4) is 0 Å². The Hall–Kier alpha value is -3.02. The number of anilines is 1. The average Bonchev–Trinajstić information content (AvgIpc) is 2.94. The van der Waals surface area contributed by atoms with Gasteiger partial charge in [0.1, 0.15) is 17.4 Å². The monoisotopic (exact) mass is 291 g/mol. The first-order chi connectivity index (χ1) is 10.8. The molecule has 0 N–H and O–H groups in total. The second-order valence-electron chi connectivity index (χ2n) is 5.03. The number of rotatable bonds is 3. The van der Waals surface area contributed by atoms with Crippen LogP contribution in [0.25, 0.3) is 22.1 Å². The van der Waals surface area contributed by atoms with Crippen LogP contribution in [-0.4, -0.2) is 27.0 Å². The van der Waals surface area contributed by atoms with Gasteiger partial charge in [-0.2, -0.15) is 0 Å². The zero-order valence-corrected chi connectivity index (χ0v) is 12.0. The van der Waals surface area contributed by atoms with E-state index in [1.807, 2.05) is 36.2 Å². The van der Waals surface area contributed by atoms with E-state index in [9.17, 15) is 0 Å². The summed E-state index contributed by atoms with van der Waals surface area (Å²) in [6.45, 7) is 0.594. The van der Waals surface area contributed by atoms with Crippen molar-refractivity contribution in [1.29, 1.82) is 0 Å². The number of fused-ring (bicyclic) bond motifs is 3. The maximum Gasteiger partial charge on any atom is 0.196 e. The van der Waals surface area contributed by atoms with Crippen LogP contribution in [0.2, 0.25) is 0 Å². The lowest BCUT2D eigenvalue weighted by molar-refractivity contribution is 0.662. The van der Waals surface area contributed by atoms with Crippen molar-refractivity contribution in [1.82, 2.24) is 19.9 Å². The van der Waals surface area contributed by atoms with Crippen molar-refractivity contribution in [3.63, 3.8) is 0 Å². The Kier molecular flexibility index (Phi) is 2.93. The minimum Gasteiger partial charge on any atom is -0.450 e. The van der Waals surface area contributed by atoms with E-state index in [2.05, 4.69) is 19.9 Å². The van der Waals surface area contributed by atoms with Gasteiger partial charge in [0.05, 0.1) is 18.4 Å². The molecule has 0 aliphatic rings. The Balaban J connectivity index is 1.81. The first kappa shape index (κ1) is 12.7. The molecule has 0 bridgehead atoms. The molecule has 0 saturated heterocycles. The highest BCUT2D eigenvalue weighted by Crippen LogP contribution is 2.31. The van der Waals surface area contributed by atoms with Crippen molar-refractivity contribution in [2.75, 3.05) is 11.9 Å². The quantitative estimate of drug-likeness (QED) is 0.578. The minimum atomic E-state index is 0.594. The molecule has 0 spiro atoms. The van der Waals surface area contributed by atoms with E-state index in [-0.39, 0.29) is 0 Å². The van der Waals surface area contributed by atoms with E-state index < -0.39 is 0 Å². The number of para-hydroxylation sites is 1. The number of nitrogens with zero attached hydrogens (tertiary/aromatic N) is 5. The van der Waals surface area contributed by atoms with Gasteiger partial charge in [-0.3, -0.25) is 9.97 Å². The van der Waals surface area contributed by atoms with Gasteiger partial charge in [-0.1, -0.05) is 12.1 Å². The standard InChI is InChI=1S/C16H13N5O/c1-21(9-11-8-17-6-7-18-11)16-15-14(19-10-20-16)12-4-2-3-5-13(12)22-15/h2-8,10H,9H2,1H3. The highest BCUT2D eigenvalue weighted by Gasteiger charge is 2.16. The molecule has 0 amide bonds. The molecule has 4 aromatic rings. The molecular formula is C16H13N5O. The third-order valence-corrected chi connectivity index (χ3v) is 3.52. The number of hydrogen-bond acceptors (Lipinski definition) is 6. The lowest BCUT2D eigenvalue weighted by atomic mass is 10.2. The highest BCUT2D eigenvalue weighted by atomic mass is 16.3. The Morgan fingerprint density at radius 3 is 2.86 bits per heavy atom. The predicted octanol–water partition coefficient (Wildman–Crippen LogP) is 2.80. The van der Waals surface area contributed by atoms with E-state index in [1.165, 1.54) is 0 Å². The molecule has 0 fully saturated rings. The van der Waals surface area contributed by atoms with Crippen LogP contribution < -0.4 is 4.90 Å². The molecule has 108 valence electrons. The van der Waals surface area contributed by atoms with E-state index >= 15 is 0 Å². The van der Waals surface area contributed by atoms with Gasteiger partial charge in [0, 0.05) is 24.8 Å². The van der Waals surface area contributed by atoms with Crippen molar-refractivity contribution in [2.45, 2.75) is 6.54 Å². The lowest BCUT2D eigenvalue weighted by Crippen LogP contribution is -2.18. The van der Waals surface area contributed by atoms with Crippen LogP contribution in [0, 0.1) is 0 Å². The second-order valence-corrected chi connectivity index (χ2v) is 5.03. The van der Waals surface area contributed by atoms with E-state index in [4.69, 9.17) is 4.42 Å². The molecule has 3 heterocycles. The molecule has 0 unspecified atom stereocenters. The van der Waals surface area contributed by atoms with Crippen LogP contribution in [0.1, 0.15) is 5.69 Å². The summed E-state index contributed by atoms with van der Waals surface area (Å²) >= 11 is 0. The van der Waals surface area contributed by atoms with Crippen LogP contribution in [0.5, 0.6) is 0 Å². The molecule has 0 aliphatic heterocycles. The van der Waals surface area contributed by atoms with Gasteiger partial charge in [0.2, 0.25) is 0 Å². The second kappa shape index (κ2) is 5.07. The normalized spacial score (nSPS) is 11.1. The zero-order valence-electron chi connectivity index (χ0n) is 12.0. The van der Waals surface area contributed by atoms with Gasteiger partial charge in [-0.15, -0.1) is 0 Å². The Morgan fingerprint density at radius 2 is 2.00 bits per heavy atom. The van der Waals surface area contributed by atoms with E-state index in [0.717, 1.165) is 28.0 Å². The average molecular weight is 291 g/mol. The molecular weight excluding hydrogens is 278 g/mol. The van der Waals surface area contributed by atoms with Crippen molar-refractivity contribution in [3.05, 3.63) is 54.9 Å². The Labute approximate surface area is 126 Å². The van der Waals surface area contributed by atoms with Crippen molar-refractivity contribution >= 4 is 27.9 Å². The largest absolute Gasteiger partial charge is 0.450 e. The van der Waals surface area contributed by atoms with Crippen LogP contribution in [0.3, 0.4) is 0 Å². The summed E-state index contributed by atoms with van der Waals surface area (Å²) in [4.78, 5) is 19.1. The molecule has 22 heavy (non-hydrogen) atoms. The van der Waals surface area contributed by atoms with Crippen LogP contribution in [0.15, 0.2) is 53.6 Å². The molecule has 6 heteroatoms. The summed E-state index contributed by atoms with van der Waals surface area (Å²) in [6.07, 6.45) is 6.64. The third-order valence-electron chi connectivity index (χ3n) is 3.52. The smallest absolute Gasteiger partial charge is 0.196 e. The SMILES string of the molecule is CN(Cc1cnccn1)c1ncnc2c1oc1ccccc12. The van der Waals surface area contributed by atoms with Gasteiger partial charge in [-0.05, 0) is 12.1 Å². The van der Waals surface area contributed by atoms with Crippen molar-refractivity contribution in [2.24, 2.45) is 0 Å². The summed E-state index contributed by atoms with van der Waals surface area (Å²) in [5.74, 6) is 0.742. The summed E-state index contributed by atoms with van der Waals surface area (Å²) in [5, 5.41) is 0.994. The van der Waals surface area contributed by atoms with Gasteiger partial charge in [0.15, 0.2) is 11.4 Å². The summed E-state index contributed by atoms with van der Waals surface area (Å²) in [7, 11) is 1.95. The maximum absolute atomic E-state index is 5.94. The van der Waals surface area contributed by atoms with E-state index in [0.29, 0.717) is 12.1 Å². The predicted molar refractivity (Wildman–Crippen MR) is 83.4 cm³/mol. The lowest BCUT2D eigenvalue weighted by Gasteiger charge is -2.16. The minimum absolute atomic E-state index is 0.594. The number of benzene rings is 1. The Morgan fingerprint density at radius 1 is 1.09 bits per heavy atom. The summed E-state index contributed by atoms with van der Waals surface area (Å²) in [5.41, 5.74) is 3.20. The first-order valence-corrected chi connectivity index (χ1v) is 6.91. The zero-order chi connectivity index (χ0) is 14.9. The van der Waals surface area contributed by atoms with Crippen molar-refractivity contribution < 1.29 is 4.42 Å². The number of hydrogen-bond donors (Lipinski definition) is 0. The summed E-state index contributed by atoms with van der Waals surface area (Å²) < 4.78 is 5.94. The molecule has 6 nitrogen and oxygen atoms in total.